The van der Waals surface area contributed by atoms with Crippen LogP contribution in [0.5, 0.6) is 11.5 Å². The Morgan fingerprint density at radius 1 is 0.920 bits per heavy atom. The van der Waals surface area contributed by atoms with E-state index < -0.39 is 10.0 Å². The summed E-state index contributed by atoms with van der Waals surface area (Å²) in [6, 6.07) is 9.16. The number of rotatable bonds is 7. The number of methoxy groups -OCH3 is 1. The number of hydrogen-bond acceptors (Lipinski definition) is 4. The van der Waals surface area contributed by atoms with Crippen molar-refractivity contribution in [3.8, 4) is 11.5 Å². The first-order valence-electron chi connectivity index (χ1n) is 8.09. The lowest BCUT2D eigenvalue weighted by atomic mass is 10.1. The predicted octanol–water partition coefficient (Wildman–Crippen LogP) is 3.29. The largest absolute Gasteiger partial charge is 0.495 e. The molecule has 0 spiro atoms. The molecule has 0 unspecified atom stereocenters. The summed E-state index contributed by atoms with van der Waals surface area (Å²) in [4.78, 5) is 0.143. The SMILES string of the molecule is COc1cc(C)c(C)cc1S(=O)(=O)NCCOc1ccc(C)c(C)c1. The van der Waals surface area contributed by atoms with Crippen LogP contribution in [0.1, 0.15) is 22.3 Å². The third-order valence-corrected chi connectivity index (χ3v) is 5.69. The molecule has 0 amide bonds. The van der Waals surface area contributed by atoms with Crippen molar-refractivity contribution in [3.05, 3.63) is 52.6 Å². The van der Waals surface area contributed by atoms with Crippen molar-refractivity contribution in [2.75, 3.05) is 20.3 Å². The molecule has 0 aliphatic rings. The Bertz CT molecular complexity index is 860. The number of benzene rings is 2. The molecule has 0 heterocycles. The van der Waals surface area contributed by atoms with Gasteiger partial charge in [-0.3, -0.25) is 0 Å². The molecule has 2 aromatic carbocycles. The topological polar surface area (TPSA) is 64.6 Å². The first kappa shape index (κ1) is 19.3. The molecule has 0 bridgehead atoms. The molecule has 0 aliphatic heterocycles. The average Bonchev–Trinajstić information content (AvgIpc) is 2.56. The van der Waals surface area contributed by atoms with E-state index in [4.69, 9.17) is 9.47 Å². The van der Waals surface area contributed by atoms with Gasteiger partial charge in [0, 0.05) is 6.54 Å². The molecule has 0 saturated carbocycles. The Morgan fingerprint density at radius 3 is 2.20 bits per heavy atom. The zero-order valence-corrected chi connectivity index (χ0v) is 16.2. The summed E-state index contributed by atoms with van der Waals surface area (Å²) >= 11 is 0. The van der Waals surface area contributed by atoms with Gasteiger partial charge in [0.05, 0.1) is 7.11 Å². The van der Waals surface area contributed by atoms with Crippen LogP contribution in [-0.4, -0.2) is 28.7 Å². The van der Waals surface area contributed by atoms with Gasteiger partial charge in [-0.2, -0.15) is 0 Å². The Balaban J connectivity index is 2.02. The number of sulfonamides is 1. The Hall–Kier alpha value is -2.05. The molecule has 0 aliphatic carbocycles. The highest BCUT2D eigenvalue weighted by atomic mass is 32.2. The molecular formula is C19H25NO4S. The van der Waals surface area contributed by atoms with Crippen LogP contribution in [0.4, 0.5) is 0 Å². The minimum Gasteiger partial charge on any atom is -0.495 e. The Kier molecular flexibility index (Phi) is 6.08. The van der Waals surface area contributed by atoms with Crippen molar-refractivity contribution in [1.82, 2.24) is 4.72 Å². The van der Waals surface area contributed by atoms with Gasteiger partial charge < -0.3 is 9.47 Å². The third kappa shape index (κ3) is 4.74. The van der Waals surface area contributed by atoms with Crippen LogP contribution in [0.2, 0.25) is 0 Å². The van der Waals surface area contributed by atoms with Gasteiger partial charge >= 0.3 is 0 Å². The average molecular weight is 363 g/mol. The lowest BCUT2D eigenvalue weighted by Gasteiger charge is -2.14. The van der Waals surface area contributed by atoms with E-state index >= 15 is 0 Å². The van der Waals surface area contributed by atoms with Gasteiger partial charge in [0.25, 0.3) is 0 Å². The first-order valence-corrected chi connectivity index (χ1v) is 9.58. The fourth-order valence-electron chi connectivity index (χ4n) is 2.36. The molecule has 136 valence electrons. The van der Waals surface area contributed by atoms with Crippen LogP contribution >= 0.6 is 0 Å². The Morgan fingerprint density at radius 2 is 1.56 bits per heavy atom. The van der Waals surface area contributed by atoms with Crippen LogP contribution in [0.25, 0.3) is 0 Å². The van der Waals surface area contributed by atoms with Crippen LogP contribution in [0.15, 0.2) is 35.2 Å². The van der Waals surface area contributed by atoms with Crippen LogP contribution in [0.3, 0.4) is 0 Å². The molecule has 0 atom stereocenters. The molecular weight excluding hydrogens is 338 g/mol. The summed E-state index contributed by atoms with van der Waals surface area (Å²) in [7, 11) is -2.20. The fraction of sp³-hybridized carbons (Fsp3) is 0.368. The van der Waals surface area contributed by atoms with Gasteiger partial charge in [-0.25, -0.2) is 13.1 Å². The summed E-state index contributed by atoms with van der Waals surface area (Å²) in [6.07, 6.45) is 0. The van der Waals surface area contributed by atoms with Crippen LogP contribution in [-0.2, 0) is 10.0 Å². The van der Waals surface area contributed by atoms with Crippen LogP contribution < -0.4 is 14.2 Å². The predicted molar refractivity (Wildman–Crippen MR) is 99.1 cm³/mol. The zero-order chi connectivity index (χ0) is 18.6. The smallest absolute Gasteiger partial charge is 0.244 e. The van der Waals surface area contributed by atoms with E-state index in [0.717, 1.165) is 22.4 Å². The normalized spacial score (nSPS) is 11.4. The molecule has 2 aromatic rings. The lowest BCUT2D eigenvalue weighted by molar-refractivity contribution is 0.322. The zero-order valence-electron chi connectivity index (χ0n) is 15.3. The highest BCUT2D eigenvalue weighted by Gasteiger charge is 2.20. The molecule has 0 fully saturated rings. The monoisotopic (exact) mass is 363 g/mol. The van der Waals surface area contributed by atoms with Gasteiger partial charge in [0.1, 0.15) is 23.0 Å². The molecule has 0 saturated heterocycles. The molecule has 2 rings (SSSR count). The summed E-state index contributed by atoms with van der Waals surface area (Å²) in [5.41, 5.74) is 4.20. The number of hydrogen-bond donors (Lipinski definition) is 1. The fourth-order valence-corrected chi connectivity index (χ4v) is 3.61. The standard InChI is InChI=1S/C19H25NO4S/c1-13-6-7-17(10-14(13)2)24-9-8-20-25(21,22)19-12-16(4)15(3)11-18(19)23-5/h6-7,10-12,20H,8-9H2,1-5H3. The van der Waals surface area contributed by atoms with Gasteiger partial charge in [-0.05, 0) is 74.2 Å². The molecule has 0 aromatic heterocycles. The minimum atomic E-state index is -3.67. The second kappa shape index (κ2) is 7.89. The van der Waals surface area contributed by atoms with E-state index in [9.17, 15) is 8.42 Å². The van der Waals surface area contributed by atoms with Crippen molar-refractivity contribution < 1.29 is 17.9 Å². The molecule has 6 heteroatoms. The van der Waals surface area contributed by atoms with Crippen molar-refractivity contribution in [2.45, 2.75) is 32.6 Å². The maximum Gasteiger partial charge on any atom is 0.244 e. The second-order valence-corrected chi connectivity index (χ2v) is 7.82. The number of aryl methyl sites for hydroxylation is 4. The van der Waals surface area contributed by atoms with Crippen molar-refractivity contribution in [3.63, 3.8) is 0 Å². The lowest BCUT2D eigenvalue weighted by Crippen LogP contribution is -2.28. The highest BCUT2D eigenvalue weighted by molar-refractivity contribution is 7.89. The molecule has 0 radical (unpaired) electrons. The minimum absolute atomic E-state index is 0.143. The molecule has 1 N–H and O–H groups in total. The first-order chi connectivity index (χ1) is 11.7. The van der Waals surface area contributed by atoms with Gasteiger partial charge in [-0.1, -0.05) is 6.07 Å². The summed E-state index contributed by atoms with van der Waals surface area (Å²) < 4.78 is 38.5. The number of ether oxygens (including phenoxy) is 2. The molecule has 25 heavy (non-hydrogen) atoms. The van der Waals surface area contributed by atoms with Gasteiger partial charge in [-0.15, -0.1) is 0 Å². The van der Waals surface area contributed by atoms with Gasteiger partial charge in [0.15, 0.2) is 0 Å². The van der Waals surface area contributed by atoms with E-state index in [1.54, 1.807) is 12.1 Å². The van der Waals surface area contributed by atoms with E-state index in [-0.39, 0.29) is 18.0 Å². The summed E-state index contributed by atoms with van der Waals surface area (Å²) in [5.74, 6) is 1.07. The van der Waals surface area contributed by atoms with E-state index in [2.05, 4.69) is 4.72 Å². The maximum atomic E-state index is 12.5. The van der Waals surface area contributed by atoms with Crippen LogP contribution in [0, 0.1) is 27.7 Å². The Labute approximate surface area is 150 Å². The molecule has 5 nitrogen and oxygen atoms in total. The second-order valence-electron chi connectivity index (χ2n) is 6.08. The van der Waals surface area contributed by atoms with Crippen molar-refractivity contribution in [2.24, 2.45) is 0 Å². The maximum absolute atomic E-state index is 12.5. The van der Waals surface area contributed by atoms with Gasteiger partial charge in [0.2, 0.25) is 10.0 Å². The number of nitrogens with one attached hydrogen (secondary N) is 1. The quantitative estimate of drug-likeness (QED) is 0.767. The van der Waals surface area contributed by atoms with E-state index in [1.807, 2.05) is 45.9 Å². The van der Waals surface area contributed by atoms with E-state index in [1.165, 1.54) is 12.7 Å². The van der Waals surface area contributed by atoms with Crippen molar-refractivity contribution in [1.29, 1.82) is 0 Å². The summed E-state index contributed by atoms with van der Waals surface area (Å²) in [6.45, 7) is 8.25. The summed E-state index contributed by atoms with van der Waals surface area (Å²) in [5, 5.41) is 0. The highest BCUT2D eigenvalue weighted by Crippen LogP contribution is 2.27. The van der Waals surface area contributed by atoms with E-state index in [0.29, 0.717) is 5.75 Å². The third-order valence-electron chi connectivity index (χ3n) is 4.21. The van der Waals surface area contributed by atoms with Crippen molar-refractivity contribution >= 4 is 10.0 Å².